The van der Waals surface area contributed by atoms with E-state index in [1.54, 1.807) is 7.11 Å². The van der Waals surface area contributed by atoms with Crippen molar-refractivity contribution in [3.05, 3.63) is 28.8 Å². The lowest BCUT2D eigenvalue weighted by molar-refractivity contribution is 0.238. The first-order valence-electron chi connectivity index (χ1n) is 8.07. The molecule has 2 aliphatic rings. The number of nitrogens with one attached hydrogen (secondary N) is 1. The Morgan fingerprint density at radius 2 is 2.05 bits per heavy atom. The largest absolute Gasteiger partial charge is 0.496 e. The van der Waals surface area contributed by atoms with Crippen LogP contribution in [-0.2, 0) is 6.42 Å². The van der Waals surface area contributed by atoms with Gasteiger partial charge in [-0.3, -0.25) is 0 Å². The van der Waals surface area contributed by atoms with E-state index in [9.17, 15) is 0 Å². The van der Waals surface area contributed by atoms with Crippen molar-refractivity contribution in [1.29, 1.82) is 0 Å². The van der Waals surface area contributed by atoms with Gasteiger partial charge in [-0.15, -0.1) is 0 Å². The Bertz CT molecular complexity index is 504. The molecule has 3 heteroatoms. The van der Waals surface area contributed by atoms with Gasteiger partial charge in [0.15, 0.2) is 0 Å². The smallest absolute Gasteiger partial charge is 0.122 e. The zero-order valence-electron chi connectivity index (χ0n) is 13.3. The van der Waals surface area contributed by atoms with Crippen LogP contribution in [0.3, 0.4) is 0 Å². The molecule has 0 spiro atoms. The minimum atomic E-state index is 0.385. The number of halogens is 1. The molecule has 1 aromatic carbocycles. The maximum Gasteiger partial charge on any atom is 0.122 e. The van der Waals surface area contributed by atoms with Crippen LogP contribution in [0.4, 0.5) is 0 Å². The molecule has 2 saturated carbocycles. The molecular weight excluding hydrogens is 282 g/mol. The van der Waals surface area contributed by atoms with Crippen molar-refractivity contribution >= 4 is 11.6 Å². The summed E-state index contributed by atoms with van der Waals surface area (Å²) in [6.07, 6.45) is 5.24. The molecule has 1 aromatic rings. The highest BCUT2D eigenvalue weighted by atomic mass is 35.5. The van der Waals surface area contributed by atoms with E-state index in [-0.39, 0.29) is 0 Å². The minimum Gasteiger partial charge on any atom is -0.496 e. The third-order valence-corrected chi connectivity index (χ3v) is 5.39. The molecule has 2 nitrogen and oxygen atoms in total. The Morgan fingerprint density at radius 3 is 2.67 bits per heavy atom. The second-order valence-corrected chi connectivity index (χ2v) is 7.77. The second-order valence-electron chi connectivity index (χ2n) is 7.33. The minimum absolute atomic E-state index is 0.385. The molecule has 21 heavy (non-hydrogen) atoms. The summed E-state index contributed by atoms with van der Waals surface area (Å²) < 4.78 is 5.54. The lowest BCUT2D eigenvalue weighted by Gasteiger charge is -2.33. The van der Waals surface area contributed by atoms with Crippen LogP contribution in [0, 0.1) is 17.3 Å². The van der Waals surface area contributed by atoms with Gasteiger partial charge in [-0.2, -0.15) is 0 Å². The summed E-state index contributed by atoms with van der Waals surface area (Å²) in [5, 5.41) is 4.47. The first kappa shape index (κ1) is 15.2. The fourth-order valence-electron chi connectivity index (χ4n) is 4.07. The standard InChI is InChI=1S/C18H26ClNO/c1-12(2)20-11-18(8-13-6-14(13)9-18)10-15-7-16(19)4-5-17(15)21-3/h4-5,7,12-14,20H,6,8-11H2,1-3H3. The first-order valence-corrected chi connectivity index (χ1v) is 8.45. The van der Waals surface area contributed by atoms with Gasteiger partial charge >= 0.3 is 0 Å². The summed E-state index contributed by atoms with van der Waals surface area (Å²) in [5.74, 6) is 2.93. The van der Waals surface area contributed by atoms with Gasteiger partial charge in [0.05, 0.1) is 7.11 Å². The summed E-state index contributed by atoms with van der Waals surface area (Å²) in [5.41, 5.74) is 1.65. The Kier molecular flexibility index (Phi) is 4.20. The Morgan fingerprint density at radius 1 is 1.33 bits per heavy atom. The van der Waals surface area contributed by atoms with Gasteiger partial charge in [-0.25, -0.2) is 0 Å². The van der Waals surface area contributed by atoms with Gasteiger partial charge in [0.2, 0.25) is 0 Å². The van der Waals surface area contributed by atoms with Crippen molar-refractivity contribution in [3.63, 3.8) is 0 Å². The molecule has 0 radical (unpaired) electrons. The van der Waals surface area contributed by atoms with E-state index >= 15 is 0 Å². The molecule has 1 N–H and O–H groups in total. The SMILES string of the molecule is COc1ccc(Cl)cc1CC1(CNC(C)C)CC2CC2C1. The first-order chi connectivity index (χ1) is 10.0. The number of hydrogen-bond acceptors (Lipinski definition) is 2. The molecule has 0 amide bonds. The molecule has 0 heterocycles. The highest BCUT2D eigenvalue weighted by Gasteiger charge is 2.53. The molecule has 2 aliphatic carbocycles. The van der Waals surface area contributed by atoms with Crippen LogP contribution >= 0.6 is 11.6 Å². The molecule has 0 aliphatic heterocycles. The highest BCUT2D eigenvalue weighted by Crippen LogP contribution is 2.61. The summed E-state index contributed by atoms with van der Waals surface area (Å²) >= 11 is 6.20. The van der Waals surface area contributed by atoms with Crippen molar-refractivity contribution < 1.29 is 4.74 Å². The van der Waals surface area contributed by atoms with Gasteiger partial charge in [0.1, 0.15) is 5.75 Å². The van der Waals surface area contributed by atoms with Crippen molar-refractivity contribution in [1.82, 2.24) is 5.32 Å². The molecule has 2 unspecified atom stereocenters. The molecule has 0 aromatic heterocycles. The molecule has 2 fully saturated rings. The average Bonchev–Trinajstić information content (AvgIpc) is 3.05. The zero-order valence-corrected chi connectivity index (χ0v) is 14.0. The fourth-order valence-corrected chi connectivity index (χ4v) is 4.26. The Hall–Kier alpha value is -0.730. The van der Waals surface area contributed by atoms with Crippen molar-refractivity contribution in [2.75, 3.05) is 13.7 Å². The van der Waals surface area contributed by atoms with E-state index in [1.807, 2.05) is 12.1 Å². The van der Waals surface area contributed by atoms with Gasteiger partial charge in [-0.05, 0) is 66.7 Å². The zero-order chi connectivity index (χ0) is 15.0. The average molecular weight is 308 g/mol. The van der Waals surface area contributed by atoms with Crippen LogP contribution in [0.15, 0.2) is 18.2 Å². The number of methoxy groups -OCH3 is 1. The Labute approximate surface area is 133 Å². The number of fused-ring (bicyclic) bond motifs is 1. The topological polar surface area (TPSA) is 21.3 Å². The molecule has 0 bridgehead atoms. The Balaban J connectivity index is 1.80. The van der Waals surface area contributed by atoms with E-state index in [1.165, 1.54) is 24.8 Å². The normalized spacial score (nSPS) is 30.5. The van der Waals surface area contributed by atoms with Gasteiger partial charge in [0.25, 0.3) is 0 Å². The molecule has 3 rings (SSSR count). The predicted molar refractivity (Wildman–Crippen MR) is 88.1 cm³/mol. The fraction of sp³-hybridized carbons (Fsp3) is 0.667. The number of ether oxygens (including phenoxy) is 1. The van der Waals surface area contributed by atoms with E-state index in [0.29, 0.717) is 11.5 Å². The summed E-state index contributed by atoms with van der Waals surface area (Å²) in [6, 6.07) is 6.54. The van der Waals surface area contributed by atoms with Gasteiger partial charge in [-0.1, -0.05) is 25.4 Å². The van der Waals surface area contributed by atoms with Crippen molar-refractivity contribution in [2.45, 2.75) is 45.6 Å². The maximum absolute atomic E-state index is 6.20. The lowest BCUT2D eigenvalue weighted by atomic mass is 9.77. The van der Waals surface area contributed by atoms with Crippen LogP contribution in [-0.4, -0.2) is 19.7 Å². The van der Waals surface area contributed by atoms with E-state index in [4.69, 9.17) is 16.3 Å². The second kappa shape index (κ2) is 5.81. The van der Waals surface area contributed by atoms with Crippen LogP contribution in [0.1, 0.15) is 38.7 Å². The monoisotopic (exact) mass is 307 g/mol. The maximum atomic E-state index is 6.20. The van der Waals surface area contributed by atoms with Gasteiger partial charge in [0, 0.05) is 17.6 Å². The number of rotatable bonds is 6. The molecule has 116 valence electrons. The molecule has 0 saturated heterocycles. The summed E-state index contributed by atoms with van der Waals surface area (Å²) in [6.45, 7) is 5.56. The van der Waals surface area contributed by atoms with Crippen LogP contribution in [0.25, 0.3) is 0 Å². The number of hydrogen-bond donors (Lipinski definition) is 1. The summed E-state index contributed by atoms with van der Waals surface area (Å²) in [4.78, 5) is 0. The number of benzene rings is 1. The lowest BCUT2D eigenvalue weighted by Crippen LogP contribution is -2.38. The van der Waals surface area contributed by atoms with E-state index in [0.717, 1.165) is 35.6 Å². The summed E-state index contributed by atoms with van der Waals surface area (Å²) in [7, 11) is 1.75. The van der Waals surface area contributed by atoms with E-state index in [2.05, 4.69) is 25.2 Å². The quantitative estimate of drug-likeness (QED) is 0.846. The third kappa shape index (κ3) is 3.37. The third-order valence-electron chi connectivity index (χ3n) is 5.15. The van der Waals surface area contributed by atoms with Crippen molar-refractivity contribution in [3.8, 4) is 5.75 Å². The predicted octanol–water partition coefficient (Wildman–Crippen LogP) is 4.31. The highest BCUT2D eigenvalue weighted by molar-refractivity contribution is 6.30. The van der Waals surface area contributed by atoms with Crippen molar-refractivity contribution in [2.24, 2.45) is 17.3 Å². The van der Waals surface area contributed by atoms with Crippen LogP contribution in [0.5, 0.6) is 5.75 Å². The van der Waals surface area contributed by atoms with E-state index < -0.39 is 0 Å². The van der Waals surface area contributed by atoms with Crippen LogP contribution < -0.4 is 10.1 Å². The molecule has 2 atom stereocenters. The van der Waals surface area contributed by atoms with Gasteiger partial charge < -0.3 is 10.1 Å². The van der Waals surface area contributed by atoms with Crippen LogP contribution in [0.2, 0.25) is 5.02 Å². The molecular formula is C18H26ClNO.